The predicted octanol–water partition coefficient (Wildman–Crippen LogP) is 0.107. The fraction of sp³-hybridized carbons (Fsp3) is 0.125. The van der Waals surface area contributed by atoms with Crippen LogP contribution in [0.25, 0.3) is 0 Å². The molecule has 0 aliphatic carbocycles. The number of rotatable bonds is 2. The number of carbonyl (C=O) groups is 1. The Bertz CT molecular complexity index is 478. The summed E-state index contributed by atoms with van der Waals surface area (Å²) in [6.07, 6.45) is 0.981. The van der Waals surface area contributed by atoms with Crippen molar-refractivity contribution in [1.82, 2.24) is 0 Å². The Hall–Kier alpha value is -1.07. The molecule has 0 radical (unpaired) electrons. The molecule has 0 spiro atoms. The molecule has 0 aromatic heterocycles. The number of carboxylic acid groups (broad SMARTS) is 1. The van der Waals surface area contributed by atoms with Crippen LogP contribution in [-0.2, 0) is 9.84 Å². The molecule has 0 saturated carbocycles. The smallest absolute Gasteiger partial charge is 0.175 e. The number of hydrogen-bond donors (Lipinski definition) is 0. The minimum Gasteiger partial charge on any atom is -0.545 e. The van der Waals surface area contributed by atoms with Crippen molar-refractivity contribution < 1.29 is 18.3 Å². The van der Waals surface area contributed by atoms with E-state index in [1.54, 1.807) is 0 Å². The van der Waals surface area contributed by atoms with Gasteiger partial charge in [-0.3, -0.25) is 0 Å². The highest BCUT2D eigenvalue weighted by molar-refractivity contribution is 7.90. The first-order valence-electron chi connectivity index (χ1n) is 3.53. The van der Waals surface area contributed by atoms with Crippen molar-refractivity contribution in [3.05, 3.63) is 28.8 Å². The van der Waals surface area contributed by atoms with Crippen molar-refractivity contribution in [3.8, 4) is 0 Å². The molecule has 0 aliphatic heterocycles. The molecule has 4 nitrogen and oxygen atoms in total. The van der Waals surface area contributed by atoms with E-state index >= 15 is 0 Å². The average Bonchev–Trinajstić information content (AvgIpc) is 2.02. The standard InChI is InChI=1S/C8H7ClO4S/c1-14(12,13)5-2-3-7(9)6(4-5)8(10)11/h2-4H,1H3,(H,10,11)/p-1. The molecule has 1 rings (SSSR count). The van der Waals surface area contributed by atoms with Gasteiger partial charge in [0.1, 0.15) is 0 Å². The van der Waals surface area contributed by atoms with Crippen molar-refractivity contribution in [2.24, 2.45) is 0 Å². The molecular weight excluding hydrogens is 228 g/mol. The molecule has 0 heterocycles. The Morgan fingerprint density at radius 3 is 2.43 bits per heavy atom. The maximum atomic E-state index is 11.1. The van der Waals surface area contributed by atoms with Crippen LogP contribution in [0.3, 0.4) is 0 Å². The zero-order valence-corrected chi connectivity index (χ0v) is 8.72. The molecule has 0 amide bonds. The zero-order valence-electron chi connectivity index (χ0n) is 7.15. The van der Waals surface area contributed by atoms with E-state index in [2.05, 4.69) is 0 Å². The van der Waals surface area contributed by atoms with Gasteiger partial charge < -0.3 is 9.90 Å². The first kappa shape index (κ1) is 11.0. The number of carboxylic acids is 1. The summed E-state index contributed by atoms with van der Waals surface area (Å²) in [6.45, 7) is 0. The van der Waals surface area contributed by atoms with E-state index in [0.29, 0.717) is 0 Å². The highest BCUT2D eigenvalue weighted by Gasteiger charge is 2.10. The number of halogens is 1. The monoisotopic (exact) mass is 233 g/mol. The van der Waals surface area contributed by atoms with E-state index in [1.807, 2.05) is 0 Å². The van der Waals surface area contributed by atoms with Crippen molar-refractivity contribution in [3.63, 3.8) is 0 Å². The molecule has 1 aromatic rings. The summed E-state index contributed by atoms with van der Waals surface area (Å²) in [7, 11) is -3.43. The third-order valence-electron chi connectivity index (χ3n) is 1.59. The van der Waals surface area contributed by atoms with Crippen molar-refractivity contribution >= 4 is 27.4 Å². The molecular formula is C8H6ClO4S-. The molecule has 76 valence electrons. The summed E-state index contributed by atoms with van der Waals surface area (Å²) in [6, 6.07) is 3.43. The molecule has 0 saturated heterocycles. The van der Waals surface area contributed by atoms with E-state index < -0.39 is 15.8 Å². The summed E-state index contributed by atoms with van der Waals surface area (Å²) in [5.74, 6) is -1.50. The fourth-order valence-electron chi connectivity index (χ4n) is 0.891. The maximum Gasteiger partial charge on any atom is 0.175 e. The van der Waals surface area contributed by atoms with Crippen LogP contribution in [-0.4, -0.2) is 20.6 Å². The molecule has 0 fully saturated rings. The van der Waals surface area contributed by atoms with E-state index in [1.165, 1.54) is 12.1 Å². The lowest BCUT2D eigenvalue weighted by atomic mass is 10.2. The Labute approximate surface area is 86.0 Å². The number of aromatic carboxylic acids is 1. The second-order valence-corrected chi connectivity index (χ2v) is 5.12. The third-order valence-corrected chi connectivity index (χ3v) is 3.03. The Kier molecular flexibility index (Phi) is 2.82. The van der Waals surface area contributed by atoms with Crippen LogP contribution in [0, 0.1) is 0 Å². The number of benzene rings is 1. The molecule has 0 aliphatic rings. The first-order chi connectivity index (χ1) is 6.32. The Morgan fingerprint density at radius 2 is 2.00 bits per heavy atom. The lowest BCUT2D eigenvalue weighted by Gasteiger charge is -2.06. The SMILES string of the molecule is CS(=O)(=O)c1ccc(Cl)c(C(=O)[O-])c1. The van der Waals surface area contributed by atoms with Gasteiger partial charge in [-0.05, 0) is 18.2 Å². The van der Waals surface area contributed by atoms with Crippen LogP contribution in [0.4, 0.5) is 0 Å². The van der Waals surface area contributed by atoms with Crippen LogP contribution >= 0.6 is 11.6 Å². The molecule has 1 aromatic carbocycles. The Balaban J connectivity index is 3.42. The molecule has 14 heavy (non-hydrogen) atoms. The zero-order chi connectivity index (χ0) is 10.9. The van der Waals surface area contributed by atoms with Gasteiger partial charge in [0.25, 0.3) is 0 Å². The van der Waals surface area contributed by atoms with Gasteiger partial charge in [0.15, 0.2) is 9.84 Å². The van der Waals surface area contributed by atoms with E-state index in [4.69, 9.17) is 11.6 Å². The number of sulfone groups is 1. The van der Waals surface area contributed by atoms with Crippen LogP contribution in [0.15, 0.2) is 23.1 Å². The predicted molar refractivity (Wildman–Crippen MR) is 48.9 cm³/mol. The van der Waals surface area contributed by atoms with Gasteiger partial charge >= 0.3 is 0 Å². The van der Waals surface area contributed by atoms with Gasteiger partial charge in [-0.1, -0.05) is 11.6 Å². The van der Waals surface area contributed by atoms with Crippen LogP contribution in [0.5, 0.6) is 0 Å². The summed E-state index contributed by atoms with van der Waals surface area (Å²) >= 11 is 5.53. The normalized spacial score (nSPS) is 11.3. The van der Waals surface area contributed by atoms with Crippen molar-refractivity contribution in [2.45, 2.75) is 4.90 Å². The topological polar surface area (TPSA) is 74.3 Å². The minimum atomic E-state index is -3.43. The van der Waals surface area contributed by atoms with Crippen molar-refractivity contribution in [2.75, 3.05) is 6.26 Å². The summed E-state index contributed by atoms with van der Waals surface area (Å²) in [4.78, 5) is 10.4. The van der Waals surface area contributed by atoms with Gasteiger partial charge in [0, 0.05) is 16.8 Å². The van der Waals surface area contributed by atoms with Gasteiger partial charge in [0.05, 0.1) is 10.9 Å². The van der Waals surface area contributed by atoms with E-state index in [9.17, 15) is 18.3 Å². The molecule has 0 atom stereocenters. The highest BCUT2D eigenvalue weighted by Crippen LogP contribution is 2.19. The largest absolute Gasteiger partial charge is 0.545 e. The summed E-state index contributed by atoms with van der Waals surface area (Å²) < 4.78 is 22.1. The summed E-state index contributed by atoms with van der Waals surface area (Å²) in [5, 5.41) is 10.5. The van der Waals surface area contributed by atoms with E-state index in [0.717, 1.165) is 12.3 Å². The van der Waals surface area contributed by atoms with Crippen LogP contribution < -0.4 is 5.11 Å². The molecule has 0 unspecified atom stereocenters. The summed E-state index contributed by atoms with van der Waals surface area (Å²) in [5.41, 5.74) is -0.324. The second-order valence-electron chi connectivity index (χ2n) is 2.70. The number of hydrogen-bond acceptors (Lipinski definition) is 4. The number of carbonyl (C=O) groups excluding carboxylic acids is 1. The van der Waals surface area contributed by atoms with Gasteiger partial charge in [0.2, 0.25) is 0 Å². The molecule has 0 N–H and O–H groups in total. The van der Waals surface area contributed by atoms with Gasteiger partial charge in [-0.2, -0.15) is 0 Å². The highest BCUT2D eigenvalue weighted by atomic mass is 35.5. The maximum absolute atomic E-state index is 11.1. The van der Waals surface area contributed by atoms with Gasteiger partial charge in [-0.25, -0.2) is 8.42 Å². The second kappa shape index (κ2) is 3.59. The fourth-order valence-corrected chi connectivity index (χ4v) is 1.73. The third kappa shape index (κ3) is 2.24. The lowest BCUT2D eigenvalue weighted by molar-refractivity contribution is -0.255. The lowest BCUT2D eigenvalue weighted by Crippen LogP contribution is -2.23. The molecule has 6 heteroatoms. The first-order valence-corrected chi connectivity index (χ1v) is 5.80. The average molecular weight is 234 g/mol. The van der Waals surface area contributed by atoms with E-state index in [-0.39, 0.29) is 15.5 Å². The quantitative estimate of drug-likeness (QED) is 0.727. The van der Waals surface area contributed by atoms with Gasteiger partial charge in [-0.15, -0.1) is 0 Å². The minimum absolute atomic E-state index is 0.0441. The molecule has 0 bridgehead atoms. The van der Waals surface area contributed by atoms with Crippen LogP contribution in [0.2, 0.25) is 5.02 Å². The van der Waals surface area contributed by atoms with Crippen molar-refractivity contribution in [1.29, 1.82) is 0 Å². The Morgan fingerprint density at radius 1 is 1.43 bits per heavy atom. The van der Waals surface area contributed by atoms with Crippen LogP contribution in [0.1, 0.15) is 10.4 Å².